The fourth-order valence-electron chi connectivity index (χ4n) is 3.82. The second kappa shape index (κ2) is 9.80. The number of hydrogen-bond acceptors (Lipinski definition) is 4. The van der Waals surface area contributed by atoms with Crippen molar-refractivity contribution in [2.24, 2.45) is 0 Å². The molecule has 0 radical (unpaired) electrons. The number of carbonyl (C=O) groups excluding carboxylic acids is 1. The predicted molar refractivity (Wildman–Crippen MR) is 124 cm³/mol. The average molecular weight is 608 g/mol. The zero-order chi connectivity index (χ0) is 22.6. The number of nitrogens with one attached hydrogen (secondary N) is 1. The first kappa shape index (κ1) is 21.7. The van der Waals surface area contributed by atoms with Crippen LogP contribution in [-0.2, 0) is 25.9 Å². The third-order valence-electron chi connectivity index (χ3n) is 5.75. The number of fused-ring (bicyclic) bond motifs is 2. The number of allylic oxidation sites excluding steroid dienone is 3. The van der Waals surface area contributed by atoms with Gasteiger partial charge in [-0.1, -0.05) is 0 Å². The van der Waals surface area contributed by atoms with E-state index in [0.29, 0.717) is 23.8 Å². The Morgan fingerprint density at radius 3 is 2.79 bits per heavy atom. The molecule has 7 heteroatoms. The number of ether oxygens (including phenoxy) is 1. The van der Waals surface area contributed by atoms with E-state index in [2.05, 4.69) is 32.0 Å². The molecule has 1 amide bonds. The second-order valence-corrected chi connectivity index (χ2v) is 9.74. The number of imidazole rings is 1. The van der Waals surface area contributed by atoms with Crippen LogP contribution in [0.5, 0.6) is 5.75 Å². The molecule has 3 heterocycles. The van der Waals surface area contributed by atoms with Crippen LogP contribution >= 0.6 is 0 Å². The molecule has 1 aliphatic carbocycles. The van der Waals surface area contributed by atoms with Gasteiger partial charge in [-0.15, -0.1) is 0 Å². The molecule has 1 fully saturated rings. The van der Waals surface area contributed by atoms with Crippen molar-refractivity contribution in [3.63, 3.8) is 0 Å². The van der Waals surface area contributed by atoms with Gasteiger partial charge in [0.05, 0.1) is 0 Å². The molecule has 0 saturated heterocycles. The first-order valence-electron chi connectivity index (χ1n) is 11.1. The number of nitrogens with zero attached hydrogens (tertiary/aromatic N) is 3. The molecule has 33 heavy (non-hydrogen) atoms. The zero-order valence-corrected chi connectivity index (χ0v) is 21.0. The molecule has 1 aliphatic heterocycles. The molecule has 2 aromatic heterocycles. The normalized spacial score (nSPS) is 16.7. The molecule has 0 bridgehead atoms. The van der Waals surface area contributed by atoms with Gasteiger partial charge in [0, 0.05) is 11.6 Å². The van der Waals surface area contributed by atoms with E-state index in [4.69, 9.17) is 4.74 Å². The minimum atomic E-state index is -0.201. The van der Waals surface area contributed by atoms with Gasteiger partial charge in [0.15, 0.2) is 0 Å². The van der Waals surface area contributed by atoms with Crippen molar-refractivity contribution < 1.29 is 28.9 Å². The number of benzene rings is 1. The molecule has 1 saturated carbocycles. The average Bonchev–Trinajstić information content (AvgIpc) is 3.58. The fourth-order valence-corrected chi connectivity index (χ4v) is 4.71. The van der Waals surface area contributed by atoms with E-state index in [9.17, 15) is 4.79 Å². The Balaban J connectivity index is 1.41. The Bertz CT molecular complexity index is 1240. The van der Waals surface area contributed by atoms with Crippen molar-refractivity contribution in [3.8, 4) is 16.9 Å². The maximum absolute atomic E-state index is 13.0. The van der Waals surface area contributed by atoms with Gasteiger partial charge < -0.3 is 0 Å². The number of amides is 1. The topological polar surface area (TPSA) is 69.0 Å². The summed E-state index contributed by atoms with van der Waals surface area (Å²) in [5.74, 6) is 1.97. The summed E-state index contributed by atoms with van der Waals surface area (Å²) < 4.78 is 9.33. The molecule has 0 atom stereocenters. The summed E-state index contributed by atoms with van der Waals surface area (Å²) >= 11 is 1.34. The number of aryl methyl sites for hydroxylation is 1. The molecule has 3 aromatic rings. The van der Waals surface area contributed by atoms with Crippen LogP contribution in [0.2, 0.25) is 0 Å². The summed E-state index contributed by atoms with van der Waals surface area (Å²) in [4.78, 5) is 22.1. The Morgan fingerprint density at radius 1 is 1.09 bits per heavy atom. The van der Waals surface area contributed by atoms with Gasteiger partial charge in [0.2, 0.25) is 0 Å². The number of pyridine rings is 1. The summed E-state index contributed by atoms with van der Waals surface area (Å²) in [6.45, 7) is 1.31. The molecule has 1 N–H and O–H groups in total. The van der Waals surface area contributed by atoms with Gasteiger partial charge in [-0.25, -0.2) is 0 Å². The van der Waals surface area contributed by atoms with E-state index >= 15 is 0 Å². The van der Waals surface area contributed by atoms with Crippen molar-refractivity contribution in [2.45, 2.75) is 31.7 Å². The molecule has 1 aromatic carbocycles. The van der Waals surface area contributed by atoms with E-state index in [1.165, 1.54) is 32.2 Å². The molecular formula is C26H24N4O2W. The Morgan fingerprint density at radius 2 is 1.97 bits per heavy atom. The molecule has 166 valence electrons. The summed E-state index contributed by atoms with van der Waals surface area (Å²) in [7, 11) is 0. The van der Waals surface area contributed by atoms with Gasteiger partial charge in [0.25, 0.3) is 0 Å². The van der Waals surface area contributed by atoms with Crippen molar-refractivity contribution in [1.29, 1.82) is 0 Å². The van der Waals surface area contributed by atoms with Crippen LogP contribution in [0.1, 0.15) is 47.1 Å². The van der Waals surface area contributed by atoms with Crippen LogP contribution in [0.25, 0.3) is 11.1 Å². The van der Waals surface area contributed by atoms with Crippen LogP contribution < -0.4 is 10.1 Å². The van der Waals surface area contributed by atoms with E-state index in [-0.39, 0.29) is 5.91 Å². The number of rotatable bonds is 2. The molecule has 5 rings (SSSR count). The summed E-state index contributed by atoms with van der Waals surface area (Å²) in [5.41, 5.74) is 3.60. The second-order valence-electron chi connectivity index (χ2n) is 8.16. The SMILES string of the molecule is O=C1NC=CC=C[C](=[W])c2nccn2CCCOc2ccc(-c3ccc(C4CC4)nc3)cc21. The Labute approximate surface area is 203 Å². The van der Waals surface area contributed by atoms with E-state index in [1.807, 2.05) is 55.0 Å². The van der Waals surface area contributed by atoms with Gasteiger partial charge in [-0.05, 0) is 18.9 Å². The van der Waals surface area contributed by atoms with Crippen LogP contribution in [0.15, 0.2) is 73.4 Å². The fraction of sp³-hybridized carbons (Fsp3) is 0.231. The van der Waals surface area contributed by atoms with E-state index < -0.39 is 0 Å². The molecule has 0 unspecified atom stereocenters. The Kier molecular flexibility index (Phi) is 6.45. The van der Waals surface area contributed by atoms with E-state index in [1.54, 1.807) is 6.20 Å². The zero-order valence-electron chi connectivity index (χ0n) is 18.1. The number of hydrogen-bond donors (Lipinski definition) is 1. The van der Waals surface area contributed by atoms with Crippen molar-refractivity contribution in [3.05, 3.63) is 90.4 Å². The first-order valence-corrected chi connectivity index (χ1v) is 12.6. The van der Waals surface area contributed by atoms with Crippen molar-refractivity contribution in [1.82, 2.24) is 19.9 Å². The van der Waals surface area contributed by atoms with Crippen molar-refractivity contribution >= 4 is 9.81 Å². The molecule has 0 spiro atoms. The number of carbonyl (C=O) groups is 1. The van der Waals surface area contributed by atoms with Gasteiger partial charge in [0.1, 0.15) is 0 Å². The Hall–Kier alpha value is -3.11. The first-order chi connectivity index (χ1) is 16.2. The third-order valence-corrected chi connectivity index (χ3v) is 6.89. The van der Waals surface area contributed by atoms with Gasteiger partial charge >= 0.3 is 169 Å². The third kappa shape index (κ3) is 5.12. The number of aromatic nitrogens is 3. The minimum absolute atomic E-state index is 0.201. The van der Waals surface area contributed by atoms with Crippen LogP contribution in [-0.4, -0.2) is 30.9 Å². The van der Waals surface area contributed by atoms with Gasteiger partial charge in [-0.3, -0.25) is 4.98 Å². The van der Waals surface area contributed by atoms with Crippen LogP contribution in [0, 0.1) is 0 Å². The quantitative estimate of drug-likeness (QED) is 0.475. The predicted octanol–water partition coefficient (Wildman–Crippen LogP) is 4.17. The summed E-state index contributed by atoms with van der Waals surface area (Å²) in [6, 6.07) is 9.93. The van der Waals surface area contributed by atoms with Crippen LogP contribution in [0.3, 0.4) is 0 Å². The van der Waals surface area contributed by atoms with Gasteiger partial charge in [-0.2, -0.15) is 0 Å². The molecular weight excluding hydrogens is 584 g/mol. The van der Waals surface area contributed by atoms with E-state index in [0.717, 1.165) is 39.5 Å². The molecule has 6 nitrogen and oxygen atoms in total. The van der Waals surface area contributed by atoms with Crippen LogP contribution in [0.4, 0.5) is 0 Å². The summed E-state index contributed by atoms with van der Waals surface area (Å²) in [5, 5.41) is 2.86. The van der Waals surface area contributed by atoms with Crippen molar-refractivity contribution in [2.75, 3.05) is 6.61 Å². The maximum atomic E-state index is 13.0. The standard InChI is InChI=1S/C26H24N4O2.W/c31-26-22-17-20(21-8-10-23(29-18-21)19-6-7-19)9-11-24(22)32-16-4-14-30-15-13-27-25(30)5-2-1-3-12-28-26;/h1-3,8-13,15,17-19H,4,6-7,14,16H2,(H,28,31);. The monoisotopic (exact) mass is 608 g/mol. The summed E-state index contributed by atoms with van der Waals surface area (Å²) in [6.07, 6.45) is 16.4. The molecule has 2 aliphatic rings.